The van der Waals surface area contributed by atoms with Gasteiger partial charge in [-0.15, -0.1) is 11.3 Å². The summed E-state index contributed by atoms with van der Waals surface area (Å²) in [4.78, 5) is 21.7. The van der Waals surface area contributed by atoms with Gasteiger partial charge in [0.2, 0.25) is 0 Å². The first-order chi connectivity index (χ1) is 13.6. The highest BCUT2D eigenvalue weighted by molar-refractivity contribution is 8.18. The van der Waals surface area contributed by atoms with Gasteiger partial charge < -0.3 is 0 Å². The monoisotopic (exact) mass is 404 g/mol. The molecule has 140 valence electrons. The molecule has 3 aromatic rings. The molecule has 1 fully saturated rings. The summed E-state index contributed by atoms with van der Waals surface area (Å²) >= 11 is 3.10. The number of aliphatic imine (C=N–C) groups is 1. The van der Waals surface area contributed by atoms with Gasteiger partial charge >= 0.3 is 0 Å². The molecule has 1 amide bonds. The molecule has 0 unspecified atom stereocenters. The van der Waals surface area contributed by atoms with Crippen LogP contribution in [-0.4, -0.2) is 16.0 Å². The van der Waals surface area contributed by atoms with E-state index in [-0.39, 0.29) is 11.9 Å². The van der Waals surface area contributed by atoms with E-state index in [0.29, 0.717) is 10.1 Å². The summed E-state index contributed by atoms with van der Waals surface area (Å²) in [5.74, 6) is 0.00355. The molecular weight excluding hydrogens is 384 g/mol. The lowest BCUT2D eigenvalue weighted by atomic mass is 10.1. The molecule has 4 rings (SSSR count). The van der Waals surface area contributed by atoms with Crippen molar-refractivity contribution in [3.63, 3.8) is 0 Å². The predicted molar refractivity (Wildman–Crippen MR) is 120 cm³/mol. The number of aryl methyl sites for hydroxylation is 1. The van der Waals surface area contributed by atoms with Gasteiger partial charge in [-0.1, -0.05) is 48.5 Å². The fourth-order valence-electron chi connectivity index (χ4n) is 3.05. The molecule has 0 bridgehead atoms. The number of thiophene rings is 1. The highest BCUT2D eigenvalue weighted by Gasteiger charge is 2.37. The van der Waals surface area contributed by atoms with Gasteiger partial charge in [0.1, 0.15) is 0 Å². The van der Waals surface area contributed by atoms with Crippen LogP contribution in [0.1, 0.15) is 29.0 Å². The Morgan fingerprint density at radius 2 is 1.68 bits per heavy atom. The Hall–Kier alpha value is -2.63. The molecule has 1 aliphatic rings. The molecule has 5 heteroatoms. The lowest BCUT2D eigenvalue weighted by Gasteiger charge is -2.24. The van der Waals surface area contributed by atoms with Crippen LogP contribution in [0.2, 0.25) is 0 Å². The molecule has 0 aliphatic carbocycles. The summed E-state index contributed by atoms with van der Waals surface area (Å²) in [5, 5.41) is 2.77. The van der Waals surface area contributed by atoms with Crippen molar-refractivity contribution in [2.75, 3.05) is 0 Å². The second kappa shape index (κ2) is 8.17. The molecule has 1 saturated heterocycles. The van der Waals surface area contributed by atoms with Crippen LogP contribution in [0.5, 0.6) is 0 Å². The van der Waals surface area contributed by atoms with E-state index in [1.165, 1.54) is 17.3 Å². The summed E-state index contributed by atoms with van der Waals surface area (Å²) in [6.45, 7) is 4.12. The van der Waals surface area contributed by atoms with Crippen molar-refractivity contribution in [1.82, 2.24) is 4.90 Å². The summed E-state index contributed by atoms with van der Waals surface area (Å²) in [7, 11) is 0. The Bertz CT molecular complexity index is 1040. The number of amidine groups is 1. The van der Waals surface area contributed by atoms with Crippen molar-refractivity contribution >= 4 is 45.9 Å². The zero-order valence-corrected chi connectivity index (χ0v) is 17.3. The van der Waals surface area contributed by atoms with Gasteiger partial charge in [0.15, 0.2) is 5.17 Å². The molecule has 0 N–H and O–H groups in total. The Kier molecular flexibility index (Phi) is 5.46. The minimum absolute atomic E-state index is 0.00355. The van der Waals surface area contributed by atoms with Gasteiger partial charge in [-0.25, -0.2) is 4.99 Å². The molecule has 3 nitrogen and oxygen atoms in total. The maximum atomic E-state index is 13.3. The molecule has 2 heterocycles. The summed E-state index contributed by atoms with van der Waals surface area (Å²) in [6, 6.07) is 21.8. The van der Waals surface area contributed by atoms with Crippen LogP contribution in [0.3, 0.4) is 0 Å². The van der Waals surface area contributed by atoms with E-state index in [9.17, 15) is 4.79 Å². The van der Waals surface area contributed by atoms with Crippen molar-refractivity contribution in [3.05, 3.63) is 93.0 Å². The molecule has 0 spiro atoms. The van der Waals surface area contributed by atoms with Gasteiger partial charge in [-0.05, 0) is 66.4 Å². The van der Waals surface area contributed by atoms with Crippen molar-refractivity contribution in [1.29, 1.82) is 0 Å². The average molecular weight is 405 g/mol. The molecule has 1 atom stereocenters. The summed E-state index contributed by atoms with van der Waals surface area (Å²) in [5.41, 5.74) is 3.12. The lowest BCUT2D eigenvalue weighted by molar-refractivity contribution is -0.123. The van der Waals surface area contributed by atoms with Crippen molar-refractivity contribution in [2.45, 2.75) is 19.9 Å². The van der Waals surface area contributed by atoms with Gasteiger partial charge in [-0.3, -0.25) is 9.69 Å². The number of carbonyl (C=O) groups excluding carboxylic acids is 1. The molecule has 1 aromatic heterocycles. The second-order valence-corrected chi connectivity index (χ2v) is 8.53. The number of nitrogens with zero attached hydrogens (tertiary/aromatic N) is 2. The Morgan fingerprint density at radius 1 is 1.00 bits per heavy atom. The zero-order chi connectivity index (χ0) is 19.5. The summed E-state index contributed by atoms with van der Waals surface area (Å²) < 4.78 is 0. The van der Waals surface area contributed by atoms with Gasteiger partial charge in [0.25, 0.3) is 5.91 Å². The molecular formula is C23H20N2OS2. The number of para-hydroxylation sites is 1. The van der Waals surface area contributed by atoms with E-state index in [0.717, 1.165) is 16.1 Å². The third-order valence-electron chi connectivity index (χ3n) is 4.65. The first-order valence-corrected chi connectivity index (χ1v) is 10.8. The highest BCUT2D eigenvalue weighted by Crippen LogP contribution is 2.39. The third-order valence-corrected chi connectivity index (χ3v) is 6.60. The molecule has 0 saturated carbocycles. The number of rotatable bonds is 4. The second-order valence-electron chi connectivity index (χ2n) is 6.57. The van der Waals surface area contributed by atoms with E-state index in [2.05, 4.69) is 18.4 Å². The zero-order valence-electron chi connectivity index (χ0n) is 15.7. The van der Waals surface area contributed by atoms with Crippen LogP contribution in [0.15, 0.2) is 82.0 Å². The number of thioether (sulfide) groups is 1. The SMILES string of the molecule is Cc1ccsc1/C=C1/SC(=Nc2ccccc2)N([C@@H](C)c2ccccc2)C1=O. The highest BCUT2D eigenvalue weighted by atomic mass is 32.2. The maximum Gasteiger partial charge on any atom is 0.267 e. The smallest absolute Gasteiger partial charge is 0.267 e. The molecule has 28 heavy (non-hydrogen) atoms. The van der Waals surface area contributed by atoms with Crippen LogP contribution >= 0.6 is 23.1 Å². The van der Waals surface area contributed by atoms with Crippen LogP contribution in [-0.2, 0) is 4.79 Å². The van der Waals surface area contributed by atoms with E-state index in [1.54, 1.807) is 11.3 Å². The number of carbonyl (C=O) groups is 1. The Balaban J connectivity index is 1.75. The number of hydrogen-bond acceptors (Lipinski definition) is 4. The van der Waals surface area contributed by atoms with Crippen LogP contribution in [0, 0.1) is 6.92 Å². The van der Waals surface area contributed by atoms with Gasteiger partial charge in [0, 0.05) is 4.88 Å². The lowest BCUT2D eigenvalue weighted by Crippen LogP contribution is -2.32. The van der Waals surface area contributed by atoms with Crippen LogP contribution < -0.4 is 0 Å². The predicted octanol–water partition coefficient (Wildman–Crippen LogP) is 6.42. The van der Waals surface area contributed by atoms with Crippen LogP contribution in [0.25, 0.3) is 6.08 Å². The Labute approximate surface area is 173 Å². The average Bonchev–Trinajstić information content (AvgIpc) is 3.26. The molecule has 1 aliphatic heterocycles. The van der Waals surface area contributed by atoms with E-state index >= 15 is 0 Å². The van der Waals surface area contributed by atoms with Crippen molar-refractivity contribution < 1.29 is 4.79 Å². The van der Waals surface area contributed by atoms with Crippen molar-refractivity contribution in [2.24, 2.45) is 4.99 Å². The first kappa shape index (κ1) is 18.7. The standard InChI is InChI=1S/C23H20N2OS2/c1-16-13-14-27-20(16)15-21-22(26)25(17(2)18-9-5-3-6-10-18)23(28-21)24-19-11-7-4-8-12-19/h3-15,17H,1-2H3/b21-15+,24-23?/t17-/m0/s1. The van der Waals surface area contributed by atoms with Crippen LogP contribution in [0.4, 0.5) is 5.69 Å². The topological polar surface area (TPSA) is 32.7 Å². The Morgan fingerprint density at radius 3 is 2.32 bits per heavy atom. The quantitative estimate of drug-likeness (QED) is 0.470. The minimum Gasteiger partial charge on any atom is -0.279 e. The molecule has 0 radical (unpaired) electrons. The number of benzene rings is 2. The fourth-order valence-corrected chi connectivity index (χ4v) is 5.03. The maximum absolute atomic E-state index is 13.3. The van der Waals surface area contributed by atoms with Gasteiger partial charge in [-0.2, -0.15) is 0 Å². The third kappa shape index (κ3) is 3.81. The van der Waals surface area contributed by atoms with E-state index in [1.807, 2.05) is 78.6 Å². The fraction of sp³-hybridized carbons (Fsp3) is 0.130. The van der Waals surface area contributed by atoms with E-state index < -0.39 is 0 Å². The van der Waals surface area contributed by atoms with Crippen molar-refractivity contribution in [3.8, 4) is 0 Å². The number of hydrogen-bond donors (Lipinski definition) is 0. The first-order valence-electron chi connectivity index (χ1n) is 9.09. The van der Waals surface area contributed by atoms with E-state index in [4.69, 9.17) is 4.99 Å². The largest absolute Gasteiger partial charge is 0.279 e. The summed E-state index contributed by atoms with van der Waals surface area (Å²) in [6.07, 6.45) is 1.99. The molecule has 2 aromatic carbocycles. The normalized spacial score (nSPS) is 18.2. The minimum atomic E-state index is -0.0982. The number of amides is 1. The van der Waals surface area contributed by atoms with Gasteiger partial charge in [0.05, 0.1) is 16.6 Å².